The molecule has 1 aromatic carbocycles. The zero-order valence-corrected chi connectivity index (χ0v) is 14.5. The van der Waals surface area contributed by atoms with Crippen molar-refractivity contribution >= 4 is 11.9 Å². The third kappa shape index (κ3) is 4.98. The van der Waals surface area contributed by atoms with Crippen LogP contribution >= 0.6 is 0 Å². The molecule has 1 aliphatic rings. The second kappa shape index (κ2) is 8.71. The molecule has 1 amide bonds. The summed E-state index contributed by atoms with van der Waals surface area (Å²) in [7, 11) is 0. The molecular formula is C19H27NO4. The van der Waals surface area contributed by atoms with Gasteiger partial charge in [0.15, 0.2) is 0 Å². The number of carbonyl (C=O) groups excluding carboxylic acids is 1. The molecule has 2 atom stereocenters. The fourth-order valence-corrected chi connectivity index (χ4v) is 3.16. The third-order valence-corrected chi connectivity index (χ3v) is 4.63. The second-order valence-corrected chi connectivity index (χ2v) is 6.55. The number of nitrogens with one attached hydrogen (secondary N) is 1. The van der Waals surface area contributed by atoms with Crippen LogP contribution in [0.5, 0.6) is 5.75 Å². The van der Waals surface area contributed by atoms with Crippen LogP contribution in [0.3, 0.4) is 0 Å². The van der Waals surface area contributed by atoms with E-state index >= 15 is 0 Å². The minimum Gasteiger partial charge on any atom is -0.494 e. The van der Waals surface area contributed by atoms with Gasteiger partial charge in [-0.15, -0.1) is 0 Å². The molecule has 1 aliphatic carbocycles. The van der Waals surface area contributed by atoms with Gasteiger partial charge >= 0.3 is 5.97 Å². The summed E-state index contributed by atoms with van der Waals surface area (Å²) in [6.07, 6.45) is 3.67. The number of carboxylic acids is 1. The lowest BCUT2D eigenvalue weighted by molar-refractivity contribution is -0.144. The summed E-state index contributed by atoms with van der Waals surface area (Å²) in [5.41, 5.74) is 2.13. The summed E-state index contributed by atoms with van der Waals surface area (Å²) >= 11 is 0. The Bertz CT molecular complexity index is 585. The largest absolute Gasteiger partial charge is 0.494 e. The highest BCUT2D eigenvalue weighted by Gasteiger charge is 2.30. The summed E-state index contributed by atoms with van der Waals surface area (Å²) in [5.74, 6) is -0.544. The molecule has 1 saturated carbocycles. The molecule has 5 heteroatoms. The van der Waals surface area contributed by atoms with Crippen molar-refractivity contribution < 1.29 is 19.4 Å². The van der Waals surface area contributed by atoms with Gasteiger partial charge in [-0.25, -0.2) is 0 Å². The minimum atomic E-state index is -0.786. The smallest absolute Gasteiger partial charge is 0.306 e. The van der Waals surface area contributed by atoms with Crippen LogP contribution in [0.25, 0.3) is 0 Å². The van der Waals surface area contributed by atoms with Gasteiger partial charge in [-0.1, -0.05) is 19.4 Å². The molecule has 0 aliphatic heterocycles. The number of carbonyl (C=O) groups is 2. The van der Waals surface area contributed by atoms with Crippen LogP contribution in [-0.2, 0) is 16.1 Å². The van der Waals surface area contributed by atoms with Gasteiger partial charge in [0.1, 0.15) is 5.75 Å². The van der Waals surface area contributed by atoms with Crippen molar-refractivity contribution in [3.8, 4) is 5.75 Å². The Hall–Kier alpha value is -2.04. The molecule has 0 spiro atoms. The molecule has 1 aromatic rings. The van der Waals surface area contributed by atoms with E-state index in [1.54, 1.807) is 0 Å². The van der Waals surface area contributed by atoms with Gasteiger partial charge < -0.3 is 15.2 Å². The normalized spacial score (nSPS) is 20.4. The lowest BCUT2D eigenvalue weighted by atomic mass is 9.81. The van der Waals surface area contributed by atoms with E-state index in [0.29, 0.717) is 26.0 Å². The van der Waals surface area contributed by atoms with Crippen LogP contribution in [-0.4, -0.2) is 23.6 Å². The lowest BCUT2D eigenvalue weighted by Crippen LogP contribution is -2.35. The van der Waals surface area contributed by atoms with Gasteiger partial charge in [-0.05, 0) is 55.9 Å². The number of aryl methyl sites for hydroxylation is 1. The summed E-state index contributed by atoms with van der Waals surface area (Å²) < 4.78 is 5.60. The van der Waals surface area contributed by atoms with Crippen LogP contribution < -0.4 is 10.1 Å². The number of hydrogen-bond acceptors (Lipinski definition) is 3. The minimum absolute atomic E-state index is 0.0355. The summed E-state index contributed by atoms with van der Waals surface area (Å²) in [4.78, 5) is 23.4. The van der Waals surface area contributed by atoms with Crippen molar-refractivity contribution in [3.05, 3.63) is 29.3 Å². The van der Waals surface area contributed by atoms with Crippen molar-refractivity contribution in [2.24, 2.45) is 11.8 Å². The maximum Gasteiger partial charge on any atom is 0.306 e. The van der Waals surface area contributed by atoms with Gasteiger partial charge in [0.2, 0.25) is 5.91 Å². The number of amides is 1. The van der Waals surface area contributed by atoms with Gasteiger partial charge in [0.05, 0.1) is 12.5 Å². The molecule has 24 heavy (non-hydrogen) atoms. The molecule has 0 radical (unpaired) electrons. The molecule has 2 rings (SSSR count). The maximum atomic E-state index is 12.3. The molecule has 5 nitrogen and oxygen atoms in total. The molecular weight excluding hydrogens is 306 g/mol. The fraction of sp³-hybridized carbons (Fsp3) is 0.579. The van der Waals surface area contributed by atoms with Crippen molar-refractivity contribution in [2.75, 3.05) is 6.61 Å². The van der Waals surface area contributed by atoms with Crippen LogP contribution in [0, 0.1) is 18.8 Å². The Kier molecular flexibility index (Phi) is 6.64. The van der Waals surface area contributed by atoms with Gasteiger partial charge in [0.25, 0.3) is 0 Å². The maximum absolute atomic E-state index is 12.3. The Morgan fingerprint density at radius 2 is 2.04 bits per heavy atom. The van der Waals surface area contributed by atoms with Gasteiger partial charge in [-0.3, -0.25) is 9.59 Å². The first-order chi connectivity index (χ1) is 11.5. The van der Waals surface area contributed by atoms with E-state index in [2.05, 4.69) is 12.2 Å². The number of carboxylic acid groups (broad SMARTS) is 1. The molecule has 0 aromatic heterocycles. The second-order valence-electron chi connectivity index (χ2n) is 6.55. The number of benzene rings is 1. The highest BCUT2D eigenvalue weighted by atomic mass is 16.5. The van der Waals surface area contributed by atoms with Crippen molar-refractivity contribution in [1.29, 1.82) is 0 Å². The molecule has 2 N–H and O–H groups in total. The zero-order chi connectivity index (χ0) is 17.5. The van der Waals surface area contributed by atoms with Crippen molar-refractivity contribution in [1.82, 2.24) is 5.32 Å². The molecule has 0 bridgehead atoms. The van der Waals surface area contributed by atoms with Gasteiger partial charge in [-0.2, -0.15) is 0 Å². The Morgan fingerprint density at radius 1 is 1.29 bits per heavy atom. The monoisotopic (exact) mass is 333 g/mol. The zero-order valence-electron chi connectivity index (χ0n) is 14.5. The molecule has 2 unspecified atom stereocenters. The van der Waals surface area contributed by atoms with E-state index in [1.807, 2.05) is 25.1 Å². The van der Waals surface area contributed by atoms with E-state index in [0.717, 1.165) is 36.1 Å². The Labute approximate surface area is 143 Å². The molecule has 1 fully saturated rings. The number of ether oxygens (including phenoxy) is 1. The topological polar surface area (TPSA) is 75.6 Å². The Morgan fingerprint density at radius 3 is 2.71 bits per heavy atom. The average molecular weight is 333 g/mol. The van der Waals surface area contributed by atoms with E-state index < -0.39 is 5.97 Å². The predicted molar refractivity (Wildman–Crippen MR) is 91.9 cm³/mol. The Balaban J connectivity index is 1.88. The molecule has 132 valence electrons. The number of rotatable bonds is 7. The number of aliphatic carboxylic acids is 1. The molecule has 0 saturated heterocycles. The summed E-state index contributed by atoms with van der Waals surface area (Å²) in [5, 5.41) is 12.1. The van der Waals surface area contributed by atoms with E-state index in [4.69, 9.17) is 9.84 Å². The van der Waals surface area contributed by atoms with Crippen LogP contribution in [0.2, 0.25) is 0 Å². The summed E-state index contributed by atoms with van der Waals surface area (Å²) in [6, 6.07) is 5.88. The van der Waals surface area contributed by atoms with Crippen LogP contribution in [0.4, 0.5) is 0 Å². The SMILES string of the molecule is CCCOc1ccc(CNC(=O)C2CCCC(C(=O)O)C2)c(C)c1. The van der Waals surface area contributed by atoms with E-state index in [-0.39, 0.29) is 17.7 Å². The standard InChI is InChI=1S/C19H27NO4/c1-3-9-24-17-8-7-16(13(2)10-17)12-20-18(21)14-5-4-6-15(11-14)19(22)23/h7-8,10,14-15H,3-6,9,11-12H2,1-2H3,(H,20,21)(H,22,23). The number of hydrogen-bond donors (Lipinski definition) is 2. The first-order valence-electron chi connectivity index (χ1n) is 8.74. The van der Waals surface area contributed by atoms with Crippen LogP contribution in [0.15, 0.2) is 18.2 Å². The predicted octanol–water partition coefficient (Wildman–Crippen LogP) is 3.29. The van der Waals surface area contributed by atoms with Crippen molar-refractivity contribution in [2.45, 2.75) is 52.5 Å². The van der Waals surface area contributed by atoms with E-state index in [9.17, 15) is 9.59 Å². The van der Waals surface area contributed by atoms with Crippen molar-refractivity contribution in [3.63, 3.8) is 0 Å². The average Bonchev–Trinajstić information content (AvgIpc) is 2.59. The first-order valence-corrected chi connectivity index (χ1v) is 8.74. The van der Waals surface area contributed by atoms with Crippen LogP contribution in [0.1, 0.15) is 50.2 Å². The quantitative estimate of drug-likeness (QED) is 0.803. The summed E-state index contributed by atoms with van der Waals surface area (Å²) in [6.45, 7) is 5.23. The molecule has 0 heterocycles. The fourth-order valence-electron chi connectivity index (χ4n) is 3.16. The highest BCUT2D eigenvalue weighted by Crippen LogP contribution is 2.29. The lowest BCUT2D eigenvalue weighted by Gasteiger charge is -2.25. The first kappa shape index (κ1) is 18.3. The highest BCUT2D eigenvalue weighted by molar-refractivity contribution is 5.80. The van der Waals surface area contributed by atoms with E-state index in [1.165, 1.54) is 0 Å². The third-order valence-electron chi connectivity index (χ3n) is 4.63. The van der Waals surface area contributed by atoms with Gasteiger partial charge in [0, 0.05) is 12.5 Å².